The van der Waals surface area contributed by atoms with Crippen molar-refractivity contribution in [1.82, 2.24) is 4.98 Å². The van der Waals surface area contributed by atoms with E-state index in [-0.39, 0.29) is 0 Å². The predicted molar refractivity (Wildman–Crippen MR) is 81.2 cm³/mol. The number of nitrogens with one attached hydrogen (secondary N) is 1. The number of pyridine rings is 1. The first-order valence-electron chi connectivity index (χ1n) is 6.49. The van der Waals surface area contributed by atoms with Crippen LogP contribution in [0, 0.1) is 0 Å². The highest BCUT2D eigenvalue weighted by Gasteiger charge is 2.10. The molecule has 0 saturated carbocycles. The molecule has 2 heterocycles. The Hall–Kier alpha value is -2.81. The number of fused-ring (bicyclic) bond motifs is 3. The average Bonchev–Trinajstić information content (AvgIpc) is 2.88. The molecular weight excluding hydrogens is 248 g/mol. The van der Waals surface area contributed by atoms with Gasteiger partial charge in [0.2, 0.25) is 0 Å². The molecule has 0 radical (unpaired) electrons. The molecule has 96 valence electrons. The Kier molecular flexibility index (Phi) is 2.42. The second-order valence-electron chi connectivity index (χ2n) is 4.65. The van der Waals surface area contributed by atoms with Gasteiger partial charge in [-0.25, -0.2) is 0 Å². The molecule has 0 bridgehead atoms. The number of hydrogen-bond donors (Lipinski definition) is 1. The number of furan rings is 1. The third-order valence-electron chi connectivity index (χ3n) is 3.35. The van der Waals surface area contributed by atoms with Gasteiger partial charge in [0, 0.05) is 28.9 Å². The van der Waals surface area contributed by atoms with Crippen LogP contribution in [0.4, 0.5) is 11.4 Å². The summed E-state index contributed by atoms with van der Waals surface area (Å²) in [5.41, 5.74) is 3.72. The van der Waals surface area contributed by atoms with Gasteiger partial charge in [0.15, 0.2) is 5.58 Å². The van der Waals surface area contributed by atoms with Crippen molar-refractivity contribution in [2.75, 3.05) is 5.32 Å². The predicted octanol–water partition coefficient (Wildman–Crippen LogP) is 4.72. The van der Waals surface area contributed by atoms with Crippen molar-refractivity contribution in [3.8, 4) is 0 Å². The van der Waals surface area contributed by atoms with Crippen molar-refractivity contribution in [2.45, 2.75) is 0 Å². The zero-order chi connectivity index (χ0) is 13.4. The monoisotopic (exact) mass is 260 g/mol. The van der Waals surface area contributed by atoms with E-state index in [0.29, 0.717) is 0 Å². The second-order valence-corrected chi connectivity index (χ2v) is 4.65. The molecule has 3 nitrogen and oxygen atoms in total. The maximum Gasteiger partial charge on any atom is 0.158 e. The highest BCUT2D eigenvalue weighted by molar-refractivity contribution is 6.08. The van der Waals surface area contributed by atoms with Crippen LogP contribution in [0.2, 0.25) is 0 Å². The standard InChI is InChI=1S/C17H12N2O/c1-2-5-12(6-3-1)19-15-8-4-7-13-14-11-18-10-9-16(14)20-17(13)15/h1-11,19H. The topological polar surface area (TPSA) is 38.1 Å². The maximum absolute atomic E-state index is 5.95. The van der Waals surface area contributed by atoms with Crippen molar-refractivity contribution in [3.05, 3.63) is 67.0 Å². The SMILES string of the molecule is c1ccc(Nc2cccc3c2oc2ccncc23)cc1. The van der Waals surface area contributed by atoms with Crippen LogP contribution in [0.1, 0.15) is 0 Å². The number of nitrogens with zero attached hydrogens (tertiary/aromatic N) is 1. The van der Waals surface area contributed by atoms with Gasteiger partial charge < -0.3 is 9.73 Å². The van der Waals surface area contributed by atoms with E-state index >= 15 is 0 Å². The summed E-state index contributed by atoms with van der Waals surface area (Å²) in [5, 5.41) is 5.51. The van der Waals surface area contributed by atoms with E-state index in [4.69, 9.17) is 4.42 Å². The molecule has 0 saturated heterocycles. The van der Waals surface area contributed by atoms with Gasteiger partial charge in [0.1, 0.15) is 5.58 Å². The Morgan fingerprint density at radius 1 is 0.850 bits per heavy atom. The molecule has 1 N–H and O–H groups in total. The molecule has 0 unspecified atom stereocenters. The van der Waals surface area contributed by atoms with Crippen molar-refractivity contribution in [2.24, 2.45) is 0 Å². The van der Waals surface area contributed by atoms with Crippen molar-refractivity contribution in [3.63, 3.8) is 0 Å². The summed E-state index contributed by atoms with van der Waals surface area (Å²) in [6.45, 7) is 0. The summed E-state index contributed by atoms with van der Waals surface area (Å²) >= 11 is 0. The lowest BCUT2D eigenvalue weighted by molar-refractivity contribution is 0.669. The first-order valence-corrected chi connectivity index (χ1v) is 6.49. The normalized spacial score (nSPS) is 11.0. The summed E-state index contributed by atoms with van der Waals surface area (Å²) in [5.74, 6) is 0. The zero-order valence-corrected chi connectivity index (χ0v) is 10.7. The Morgan fingerprint density at radius 3 is 2.65 bits per heavy atom. The molecule has 0 amide bonds. The van der Waals surface area contributed by atoms with E-state index in [2.05, 4.69) is 16.4 Å². The van der Waals surface area contributed by atoms with Gasteiger partial charge in [-0.2, -0.15) is 0 Å². The van der Waals surface area contributed by atoms with E-state index in [1.165, 1.54) is 0 Å². The first kappa shape index (κ1) is 11.1. The molecular formula is C17H12N2O. The molecule has 4 rings (SSSR count). The Morgan fingerprint density at radius 2 is 1.75 bits per heavy atom. The summed E-state index contributed by atoms with van der Waals surface area (Å²) in [6.07, 6.45) is 3.59. The number of para-hydroxylation sites is 2. The largest absolute Gasteiger partial charge is 0.454 e. The van der Waals surface area contributed by atoms with E-state index in [0.717, 1.165) is 33.3 Å². The van der Waals surface area contributed by atoms with Crippen LogP contribution in [-0.4, -0.2) is 4.98 Å². The van der Waals surface area contributed by atoms with Gasteiger partial charge in [-0.3, -0.25) is 4.98 Å². The summed E-state index contributed by atoms with van der Waals surface area (Å²) in [6, 6.07) is 18.1. The highest BCUT2D eigenvalue weighted by atomic mass is 16.3. The molecule has 3 heteroatoms. The molecule has 2 aromatic heterocycles. The van der Waals surface area contributed by atoms with Gasteiger partial charge in [-0.15, -0.1) is 0 Å². The minimum absolute atomic E-state index is 0.859. The molecule has 0 aliphatic heterocycles. The number of anilines is 2. The average molecular weight is 260 g/mol. The fourth-order valence-electron chi connectivity index (χ4n) is 2.42. The molecule has 0 fully saturated rings. The Bertz CT molecular complexity index is 881. The number of rotatable bonds is 2. The lowest BCUT2D eigenvalue weighted by Gasteiger charge is -2.06. The summed E-state index contributed by atoms with van der Waals surface area (Å²) < 4.78 is 5.95. The van der Waals surface area contributed by atoms with Crippen LogP contribution in [-0.2, 0) is 0 Å². The molecule has 0 aliphatic carbocycles. The van der Waals surface area contributed by atoms with Crippen LogP contribution >= 0.6 is 0 Å². The van der Waals surface area contributed by atoms with Crippen LogP contribution in [0.25, 0.3) is 21.9 Å². The fourth-order valence-corrected chi connectivity index (χ4v) is 2.42. The minimum Gasteiger partial charge on any atom is -0.454 e. The van der Waals surface area contributed by atoms with Crippen molar-refractivity contribution in [1.29, 1.82) is 0 Å². The second kappa shape index (κ2) is 4.38. The van der Waals surface area contributed by atoms with Crippen LogP contribution in [0.5, 0.6) is 0 Å². The van der Waals surface area contributed by atoms with E-state index in [1.54, 1.807) is 6.20 Å². The maximum atomic E-state index is 5.95. The summed E-state index contributed by atoms with van der Waals surface area (Å²) in [7, 11) is 0. The summed E-state index contributed by atoms with van der Waals surface area (Å²) in [4.78, 5) is 4.17. The lowest BCUT2D eigenvalue weighted by atomic mass is 10.1. The van der Waals surface area contributed by atoms with Crippen molar-refractivity contribution >= 4 is 33.3 Å². The van der Waals surface area contributed by atoms with Crippen molar-refractivity contribution < 1.29 is 4.42 Å². The van der Waals surface area contributed by atoms with Gasteiger partial charge >= 0.3 is 0 Å². The third-order valence-corrected chi connectivity index (χ3v) is 3.35. The van der Waals surface area contributed by atoms with Crippen LogP contribution in [0.3, 0.4) is 0 Å². The first-order chi connectivity index (χ1) is 9.92. The molecule has 0 spiro atoms. The van der Waals surface area contributed by atoms with Gasteiger partial charge in [-0.1, -0.05) is 30.3 Å². The molecule has 0 atom stereocenters. The van der Waals surface area contributed by atoms with Gasteiger partial charge in [-0.05, 0) is 24.3 Å². The molecule has 4 aromatic rings. The third kappa shape index (κ3) is 1.72. The molecule has 0 aliphatic rings. The van der Waals surface area contributed by atoms with E-state index in [9.17, 15) is 0 Å². The zero-order valence-electron chi connectivity index (χ0n) is 10.7. The van der Waals surface area contributed by atoms with E-state index in [1.807, 2.05) is 54.7 Å². The quantitative estimate of drug-likeness (QED) is 0.566. The smallest absolute Gasteiger partial charge is 0.158 e. The number of aromatic nitrogens is 1. The molecule has 2 aromatic carbocycles. The highest BCUT2D eigenvalue weighted by Crippen LogP contribution is 2.33. The molecule has 20 heavy (non-hydrogen) atoms. The van der Waals surface area contributed by atoms with Gasteiger partial charge in [0.25, 0.3) is 0 Å². The van der Waals surface area contributed by atoms with Gasteiger partial charge in [0.05, 0.1) is 5.69 Å². The van der Waals surface area contributed by atoms with Crippen LogP contribution in [0.15, 0.2) is 71.4 Å². The van der Waals surface area contributed by atoms with E-state index < -0.39 is 0 Å². The number of benzene rings is 2. The van der Waals surface area contributed by atoms with Crippen LogP contribution < -0.4 is 5.32 Å². The lowest BCUT2D eigenvalue weighted by Crippen LogP contribution is -1.89. The minimum atomic E-state index is 0.859. The number of hydrogen-bond acceptors (Lipinski definition) is 3. The Balaban J connectivity index is 1.91. The fraction of sp³-hybridized carbons (Fsp3) is 0. The Labute approximate surface area is 115 Å².